The van der Waals surface area contributed by atoms with Crippen LogP contribution >= 0.6 is 0 Å². The Morgan fingerprint density at radius 1 is 0.333 bits per heavy atom. The molecular formula is C40H26N2. The molecule has 0 aliphatic heterocycles. The molecule has 0 unspecified atom stereocenters. The highest BCUT2D eigenvalue weighted by molar-refractivity contribution is 6.26. The summed E-state index contributed by atoms with van der Waals surface area (Å²) in [4.78, 5) is 0. The van der Waals surface area contributed by atoms with Gasteiger partial charge in [-0.2, -0.15) is 0 Å². The summed E-state index contributed by atoms with van der Waals surface area (Å²) >= 11 is 0. The van der Waals surface area contributed by atoms with Gasteiger partial charge in [0.2, 0.25) is 0 Å². The lowest BCUT2D eigenvalue weighted by molar-refractivity contribution is 1.18. The highest BCUT2D eigenvalue weighted by Crippen LogP contribution is 2.42. The lowest BCUT2D eigenvalue weighted by Crippen LogP contribution is -1.95. The zero-order chi connectivity index (χ0) is 27.6. The summed E-state index contributed by atoms with van der Waals surface area (Å²) in [5, 5.41) is 7.56. The Morgan fingerprint density at radius 2 is 0.976 bits per heavy atom. The van der Waals surface area contributed by atoms with Crippen molar-refractivity contribution in [3.8, 4) is 22.5 Å². The van der Waals surface area contributed by atoms with Gasteiger partial charge in [-0.05, 0) is 70.4 Å². The second-order valence-corrected chi connectivity index (χ2v) is 11.0. The third kappa shape index (κ3) is 3.33. The first-order valence-electron chi connectivity index (χ1n) is 14.5. The van der Waals surface area contributed by atoms with Gasteiger partial charge >= 0.3 is 0 Å². The molecular weight excluding hydrogens is 508 g/mol. The maximum Gasteiger partial charge on any atom is 0.0641 e. The molecule has 2 heteroatoms. The molecule has 0 aliphatic carbocycles. The van der Waals surface area contributed by atoms with E-state index in [0.29, 0.717) is 0 Å². The van der Waals surface area contributed by atoms with Gasteiger partial charge in [0.25, 0.3) is 0 Å². The number of nitrogens with zero attached hydrogens (tertiary/aromatic N) is 2. The van der Waals surface area contributed by atoms with E-state index in [9.17, 15) is 0 Å². The monoisotopic (exact) mass is 534 g/mol. The van der Waals surface area contributed by atoms with Crippen LogP contribution in [0.15, 0.2) is 158 Å². The number of hydrogen-bond donors (Lipinski definition) is 0. The predicted octanol–water partition coefficient (Wildman–Crippen LogP) is 10.7. The van der Waals surface area contributed by atoms with Gasteiger partial charge in [0.1, 0.15) is 0 Å². The van der Waals surface area contributed by atoms with Crippen molar-refractivity contribution in [1.29, 1.82) is 0 Å². The molecule has 2 aromatic heterocycles. The lowest BCUT2D eigenvalue weighted by Gasteiger charge is -2.12. The van der Waals surface area contributed by atoms with Crippen LogP contribution in [-0.4, -0.2) is 9.13 Å². The fraction of sp³-hybridized carbons (Fsp3) is 0. The van der Waals surface area contributed by atoms with Crippen LogP contribution in [0.1, 0.15) is 0 Å². The first-order valence-corrected chi connectivity index (χ1v) is 14.5. The van der Waals surface area contributed by atoms with E-state index in [2.05, 4.69) is 167 Å². The van der Waals surface area contributed by atoms with Crippen molar-refractivity contribution in [3.63, 3.8) is 0 Å². The number of aromatic nitrogens is 2. The minimum atomic E-state index is 1.17. The zero-order valence-corrected chi connectivity index (χ0v) is 22.9. The average Bonchev–Trinajstić information content (AvgIpc) is 3.58. The molecule has 7 aromatic carbocycles. The molecule has 0 radical (unpaired) electrons. The van der Waals surface area contributed by atoms with Crippen LogP contribution in [0.5, 0.6) is 0 Å². The second-order valence-electron chi connectivity index (χ2n) is 11.0. The van der Waals surface area contributed by atoms with Crippen LogP contribution in [0.3, 0.4) is 0 Å². The number of fused-ring (bicyclic) bond motifs is 8. The molecule has 9 rings (SSSR count). The molecule has 0 N–H and O–H groups in total. The van der Waals surface area contributed by atoms with Crippen LogP contribution in [-0.2, 0) is 0 Å². The van der Waals surface area contributed by atoms with Crippen LogP contribution in [0.25, 0.3) is 76.9 Å². The fourth-order valence-corrected chi connectivity index (χ4v) is 6.81. The maximum absolute atomic E-state index is 2.47. The van der Waals surface area contributed by atoms with Crippen LogP contribution in [0, 0.1) is 0 Å². The zero-order valence-electron chi connectivity index (χ0n) is 22.9. The Bertz CT molecular complexity index is 2440. The smallest absolute Gasteiger partial charge is 0.0641 e. The highest BCUT2D eigenvalue weighted by atomic mass is 15.0. The third-order valence-electron chi connectivity index (χ3n) is 8.67. The van der Waals surface area contributed by atoms with Gasteiger partial charge < -0.3 is 9.13 Å². The van der Waals surface area contributed by atoms with Crippen molar-refractivity contribution in [1.82, 2.24) is 9.13 Å². The topological polar surface area (TPSA) is 9.86 Å². The molecule has 0 fully saturated rings. The normalized spacial score (nSPS) is 11.8. The highest BCUT2D eigenvalue weighted by Gasteiger charge is 2.20. The first kappa shape index (κ1) is 23.1. The molecule has 42 heavy (non-hydrogen) atoms. The Morgan fingerprint density at radius 3 is 1.79 bits per heavy atom. The molecule has 2 nitrogen and oxygen atoms in total. The van der Waals surface area contributed by atoms with Crippen molar-refractivity contribution >= 4 is 54.4 Å². The maximum atomic E-state index is 2.47. The fourth-order valence-electron chi connectivity index (χ4n) is 6.81. The third-order valence-corrected chi connectivity index (χ3v) is 8.67. The number of hydrogen-bond acceptors (Lipinski definition) is 0. The predicted molar refractivity (Wildman–Crippen MR) is 178 cm³/mol. The van der Waals surface area contributed by atoms with Gasteiger partial charge in [0.15, 0.2) is 0 Å². The number of para-hydroxylation sites is 3. The van der Waals surface area contributed by atoms with Crippen LogP contribution in [0.4, 0.5) is 0 Å². The van der Waals surface area contributed by atoms with Crippen molar-refractivity contribution in [2.75, 3.05) is 0 Å². The quantitative estimate of drug-likeness (QED) is 0.213. The summed E-state index contributed by atoms with van der Waals surface area (Å²) in [5.74, 6) is 0. The largest absolute Gasteiger partial charge is 0.309 e. The molecule has 9 aromatic rings. The molecule has 0 amide bonds. The lowest BCUT2D eigenvalue weighted by atomic mass is 10.0. The molecule has 0 bridgehead atoms. The van der Waals surface area contributed by atoms with Gasteiger partial charge in [-0.1, -0.05) is 109 Å². The van der Waals surface area contributed by atoms with Crippen molar-refractivity contribution in [3.05, 3.63) is 158 Å². The van der Waals surface area contributed by atoms with E-state index in [4.69, 9.17) is 0 Å². The molecule has 0 spiro atoms. The Labute approximate surface area is 243 Å². The summed E-state index contributed by atoms with van der Waals surface area (Å²) in [6.45, 7) is 0. The van der Waals surface area contributed by atoms with E-state index in [1.165, 1.54) is 76.9 Å². The van der Waals surface area contributed by atoms with E-state index in [-0.39, 0.29) is 0 Å². The van der Waals surface area contributed by atoms with E-state index in [0.717, 1.165) is 0 Å². The molecule has 0 saturated heterocycles. The van der Waals surface area contributed by atoms with Crippen molar-refractivity contribution in [2.45, 2.75) is 0 Å². The van der Waals surface area contributed by atoms with Crippen LogP contribution in [0.2, 0.25) is 0 Å². The standard InChI is InChI=1S/C40H26N2/c1-3-11-27(12-4-1)28-19-20-30-26-32(22-21-29(30)25-28)42-36-17-9-7-15-33(36)34-23-24-38-39(40(34)42)35-16-8-10-18-37(35)41(38)31-13-5-2-6-14-31/h1-26H. The van der Waals surface area contributed by atoms with Gasteiger partial charge in [-0.3, -0.25) is 0 Å². The van der Waals surface area contributed by atoms with Gasteiger partial charge in [0.05, 0.1) is 22.1 Å². The molecule has 2 heterocycles. The van der Waals surface area contributed by atoms with Gasteiger partial charge in [-0.15, -0.1) is 0 Å². The summed E-state index contributed by atoms with van der Waals surface area (Å²) in [5.41, 5.74) is 9.72. The van der Waals surface area contributed by atoms with Gasteiger partial charge in [-0.25, -0.2) is 0 Å². The summed E-state index contributed by atoms with van der Waals surface area (Å²) in [6.07, 6.45) is 0. The van der Waals surface area contributed by atoms with E-state index in [1.807, 2.05) is 0 Å². The minimum absolute atomic E-state index is 1.17. The summed E-state index contributed by atoms with van der Waals surface area (Å²) in [6, 6.07) is 57.2. The van der Waals surface area contributed by atoms with Crippen molar-refractivity contribution < 1.29 is 0 Å². The van der Waals surface area contributed by atoms with E-state index >= 15 is 0 Å². The van der Waals surface area contributed by atoms with E-state index < -0.39 is 0 Å². The minimum Gasteiger partial charge on any atom is -0.309 e. The summed E-state index contributed by atoms with van der Waals surface area (Å²) < 4.78 is 4.87. The SMILES string of the molecule is c1ccc(-c2ccc3cc(-n4c5ccccc5c5ccc6c(c7ccccc7n6-c6ccccc6)c54)ccc3c2)cc1. The Hall–Kier alpha value is -5.60. The Kier molecular flexibility index (Phi) is 4.93. The number of benzene rings is 7. The summed E-state index contributed by atoms with van der Waals surface area (Å²) in [7, 11) is 0. The molecule has 0 saturated carbocycles. The van der Waals surface area contributed by atoms with Gasteiger partial charge in [0, 0.05) is 32.9 Å². The molecule has 0 aliphatic rings. The number of rotatable bonds is 3. The molecule has 0 atom stereocenters. The second kappa shape index (κ2) is 8.95. The average molecular weight is 535 g/mol. The van der Waals surface area contributed by atoms with Crippen molar-refractivity contribution in [2.24, 2.45) is 0 Å². The Balaban J connectivity index is 1.37. The van der Waals surface area contributed by atoms with E-state index in [1.54, 1.807) is 0 Å². The first-order chi connectivity index (χ1) is 20.8. The van der Waals surface area contributed by atoms with Crippen LogP contribution < -0.4 is 0 Å². The molecule has 196 valence electrons.